The van der Waals surface area contributed by atoms with Crippen LogP contribution in [0.4, 0.5) is 5.69 Å². The molecule has 0 aliphatic heterocycles. The summed E-state index contributed by atoms with van der Waals surface area (Å²) in [6.07, 6.45) is 0.988. The Morgan fingerprint density at radius 1 is 1.11 bits per heavy atom. The van der Waals surface area contributed by atoms with Gasteiger partial charge in [0, 0.05) is 11.3 Å². The lowest BCUT2D eigenvalue weighted by atomic mass is 10.1. The molecule has 7 heteroatoms. The van der Waals surface area contributed by atoms with Gasteiger partial charge in [0.05, 0.1) is 16.7 Å². The number of carbonyl (C=O) groups excluding carboxylic acids is 1. The number of aromatic nitrogens is 3. The lowest BCUT2D eigenvalue weighted by molar-refractivity contribution is 0.103. The molecule has 0 aliphatic carbocycles. The van der Waals surface area contributed by atoms with Crippen LogP contribution in [0.1, 0.15) is 27.9 Å². The Bertz CT molecular complexity index is 1180. The van der Waals surface area contributed by atoms with E-state index in [-0.39, 0.29) is 11.6 Å². The summed E-state index contributed by atoms with van der Waals surface area (Å²) in [4.78, 5) is 34.6. The number of aryl methyl sites for hydroxylation is 2. The molecule has 0 fully saturated rings. The van der Waals surface area contributed by atoms with Crippen LogP contribution in [0.3, 0.4) is 0 Å². The second-order valence-electron chi connectivity index (χ2n) is 6.28. The largest absolute Gasteiger partial charge is 0.323 e. The summed E-state index contributed by atoms with van der Waals surface area (Å²) >= 11 is 1.37. The van der Waals surface area contributed by atoms with Crippen LogP contribution in [0.15, 0.2) is 47.3 Å². The smallest absolute Gasteiger partial charge is 0.321 e. The fraction of sp³-hybridized carbons (Fsp3) is 0.150. The van der Waals surface area contributed by atoms with E-state index >= 15 is 0 Å². The molecule has 0 saturated heterocycles. The fourth-order valence-corrected chi connectivity index (χ4v) is 3.88. The molecular weight excluding hydrogens is 360 g/mol. The molecule has 0 aliphatic rings. The van der Waals surface area contributed by atoms with Gasteiger partial charge in [0.25, 0.3) is 5.91 Å². The number of hydrogen-bond donors (Lipinski definition) is 3. The first-order valence-corrected chi connectivity index (χ1v) is 9.45. The zero-order valence-corrected chi connectivity index (χ0v) is 15.7. The maximum Gasteiger partial charge on any atom is 0.323 e. The highest BCUT2D eigenvalue weighted by Gasteiger charge is 2.16. The molecule has 4 aromatic rings. The van der Waals surface area contributed by atoms with Gasteiger partial charge in [-0.2, -0.15) is 0 Å². The van der Waals surface area contributed by atoms with Crippen molar-refractivity contribution < 1.29 is 4.79 Å². The zero-order valence-electron chi connectivity index (χ0n) is 14.9. The van der Waals surface area contributed by atoms with Crippen molar-refractivity contribution in [2.45, 2.75) is 20.3 Å². The highest BCUT2D eigenvalue weighted by molar-refractivity contribution is 7.17. The Hall–Kier alpha value is -3.19. The van der Waals surface area contributed by atoms with Gasteiger partial charge in [0.15, 0.2) is 0 Å². The minimum absolute atomic E-state index is 0.210. The molecule has 0 spiro atoms. The molecule has 0 bridgehead atoms. The first-order valence-electron chi connectivity index (χ1n) is 8.63. The van der Waals surface area contributed by atoms with Crippen molar-refractivity contribution in [1.82, 2.24) is 15.0 Å². The zero-order chi connectivity index (χ0) is 19.0. The molecule has 0 atom stereocenters. The summed E-state index contributed by atoms with van der Waals surface area (Å²) in [5, 5.41) is 3.70. The van der Waals surface area contributed by atoms with Gasteiger partial charge in [-0.05, 0) is 37.1 Å². The van der Waals surface area contributed by atoms with Crippen LogP contribution >= 0.6 is 11.3 Å². The van der Waals surface area contributed by atoms with Gasteiger partial charge >= 0.3 is 5.69 Å². The third-order valence-corrected chi connectivity index (χ3v) is 5.59. The molecule has 136 valence electrons. The number of amides is 1. The van der Waals surface area contributed by atoms with Gasteiger partial charge in [-0.3, -0.25) is 4.79 Å². The molecule has 27 heavy (non-hydrogen) atoms. The van der Waals surface area contributed by atoms with E-state index in [4.69, 9.17) is 0 Å². The number of fused-ring (bicyclic) bond motifs is 1. The quantitative estimate of drug-likeness (QED) is 0.499. The van der Waals surface area contributed by atoms with Crippen LogP contribution in [-0.4, -0.2) is 20.9 Å². The lowest BCUT2D eigenvalue weighted by Gasteiger charge is -2.04. The Labute approximate surface area is 159 Å². The third-order valence-electron chi connectivity index (χ3n) is 4.39. The van der Waals surface area contributed by atoms with Crippen LogP contribution in [0.2, 0.25) is 0 Å². The van der Waals surface area contributed by atoms with E-state index in [0.29, 0.717) is 27.3 Å². The predicted molar refractivity (Wildman–Crippen MR) is 109 cm³/mol. The number of nitrogens with zero attached hydrogens (tertiary/aromatic N) is 1. The van der Waals surface area contributed by atoms with E-state index in [1.807, 2.05) is 19.1 Å². The van der Waals surface area contributed by atoms with Crippen molar-refractivity contribution >= 4 is 34.0 Å². The minimum atomic E-state index is -0.273. The Balaban J connectivity index is 1.59. The molecular formula is C20H18N4O2S. The normalized spacial score (nSPS) is 11.0. The summed E-state index contributed by atoms with van der Waals surface area (Å²) in [6.45, 7) is 3.95. The first-order chi connectivity index (χ1) is 13.0. The first kappa shape index (κ1) is 17.2. The van der Waals surface area contributed by atoms with Crippen molar-refractivity contribution in [3.63, 3.8) is 0 Å². The van der Waals surface area contributed by atoms with E-state index in [1.165, 1.54) is 16.9 Å². The highest BCUT2D eigenvalue weighted by Crippen LogP contribution is 2.29. The van der Waals surface area contributed by atoms with Crippen molar-refractivity contribution in [1.29, 1.82) is 0 Å². The number of aromatic amines is 2. The van der Waals surface area contributed by atoms with Crippen LogP contribution < -0.4 is 11.0 Å². The molecule has 0 radical (unpaired) electrons. The second kappa shape index (κ2) is 6.85. The minimum Gasteiger partial charge on any atom is -0.321 e. The maximum absolute atomic E-state index is 12.7. The monoisotopic (exact) mass is 378 g/mol. The van der Waals surface area contributed by atoms with Gasteiger partial charge in [0.2, 0.25) is 0 Å². The van der Waals surface area contributed by atoms with Crippen molar-refractivity contribution in [2.24, 2.45) is 0 Å². The van der Waals surface area contributed by atoms with Gasteiger partial charge in [-0.15, -0.1) is 11.3 Å². The predicted octanol–water partition coefficient (Wildman–Crippen LogP) is 4.10. The maximum atomic E-state index is 12.7. The molecule has 6 nitrogen and oxygen atoms in total. The molecule has 1 amide bonds. The molecule has 0 saturated carbocycles. The number of imidazole rings is 1. The third kappa shape index (κ3) is 3.41. The van der Waals surface area contributed by atoms with Crippen LogP contribution in [0.5, 0.6) is 0 Å². The number of thiazole rings is 1. The average molecular weight is 378 g/mol. The standard InChI is InChI=1S/C20H18N4O2S/c1-3-12-4-6-13(7-5-12)19-21-11(2)17(27-19)18(25)22-14-8-9-15-16(10-14)24-20(26)23-15/h4-10H,3H2,1-2H3,(H,22,25)(H2,23,24,26). The number of carbonyl (C=O) groups is 1. The topological polar surface area (TPSA) is 90.6 Å². The molecule has 4 rings (SSSR count). The van der Waals surface area contributed by atoms with Crippen LogP contribution in [-0.2, 0) is 6.42 Å². The number of hydrogen-bond acceptors (Lipinski definition) is 4. The van der Waals surface area contributed by atoms with E-state index < -0.39 is 0 Å². The van der Waals surface area contributed by atoms with Crippen molar-refractivity contribution in [3.05, 3.63) is 69.1 Å². The average Bonchev–Trinajstić information content (AvgIpc) is 3.23. The summed E-state index contributed by atoms with van der Waals surface area (Å²) in [5.74, 6) is -0.210. The number of benzene rings is 2. The molecule has 0 unspecified atom stereocenters. The molecule has 2 heterocycles. The van der Waals surface area contributed by atoms with Crippen LogP contribution in [0, 0.1) is 6.92 Å². The van der Waals surface area contributed by atoms with E-state index in [1.54, 1.807) is 18.2 Å². The van der Waals surface area contributed by atoms with Gasteiger partial charge in [0.1, 0.15) is 9.88 Å². The summed E-state index contributed by atoms with van der Waals surface area (Å²) in [6, 6.07) is 13.5. The second-order valence-corrected chi connectivity index (χ2v) is 7.28. The summed E-state index contributed by atoms with van der Waals surface area (Å²) in [7, 11) is 0. The summed E-state index contributed by atoms with van der Waals surface area (Å²) < 4.78 is 0. The van der Waals surface area contributed by atoms with Gasteiger partial charge in [-0.1, -0.05) is 31.2 Å². The number of nitrogens with one attached hydrogen (secondary N) is 3. The SMILES string of the molecule is CCc1ccc(-c2nc(C)c(C(=O)Nc3ccc4[nH]c(=O)[nH]c4c3)s2)cc1. The fourth-order valence-electron chi connectivity index (χ4n) is 2.91. The van der Waals surface area contributed by atoms with E-state index in [2.05, 4.69) is 39.3 Å². The van der Waals surface area contributed by atoms with Crippen LogP contribution in [0.25, 0.3) is 21.6 Å². The highest BCUT2D eigenvalue weighted by atomic mass is 32.1. The molecule has 2 aromatic carbocycles. The lowest BCUT2D eigenvalue weighted by Crippen LogP contribution is -2.11. The van der Waals surface area contributed by atoms with Gasteiger partial charge in [-0.25, -0.2) is 9.78 Å². The molecule has 2 aromatic heterocycles. The van der Waals surface area contributed by atoms with E-state index in [0.717, 1.165) is 17.0 Å². The van der Waals surface area contributed by atoms with Crippen molar-refractivity contribution in [3.8, 4) is 10.6 Å². The van der Waals surface area contributed by atoms with E-state index in [9.17, 15) is 9.59 Å². The molecule has 3 N–H and O–H groups in total. The Morgan fingerprint density at radius 2 is 1.85 bits per heavy atom. The van der Waals surface area contributed by atoms with Gasteiger partial charge < -0.3 is 15.3 Å². The summed E-state index contributed by atoms with van der Waals surface area (Å²) in [5.41, 5.74) is 4.66. The Kier molecular flexibility index (Phi) is 4.37. The number of H-pyrrole nitrogens is 2. The Morgan fingerprint density at radius 3 is 2.59 bits per heavy atom. The number of rotatable bonds is 4. The number of anilines is 1. The van der Waals surface area contributed by atoms with Crippen molar-refractivity contribution in [2.75, 3.05) is 5.32 Å².